The molecule has 2 rings (SSSR count). The van der Waals surface area contributed by atoms with Crippen LogP contribution in [0.4, 0.5) is 5.69 Å². The summed E-state index contributed by atoms with van der Waals surface area (Å²) >= 11 is 5.18. The number of hydrogen-bond acceptors (Lipinski definition) is 3. The molecular formula is C16H18N4S. The number of hydrogen-bond donors (Lipinski definition) is 2. The lowest BCUT2D eigenvalue weighted by Gasteiger charge is -2.09. The van der Waals surface area contributed by atoms with Crippen LogP contribution in [0.15, 0.2) is 53.9 Å². The predicted molar refractivity (Wildman–Crippen MR) is 91.7 cm³/mol. The molecule has 0 saturated heterocycles. The number of thiocarbonyl (C=S) groups is 1. The van der Waals surface area contributed by atoms with E-state index in [0.29, 0.717) is 11.0 Å². The van der Waals surface area contributed by atoms with Gasteiger partial charge in [0.1, 0.15) is 0 Å². The molecule has 2 aromatic rings. The Morgan fingerprint density at radius 3 is 2.62 bits per heavy atom. The van der Waals surface area contributed by atoms with Gasteiger partial charge in [-0.2, -0.15) is 5.10 Å². The summed E-state index contributed by atoms with van der Waals surface area (Å²) in [5.41, 5.74) is 5.93. The van der Waals surface area contributed by atoms with E-state index in [0.717, 1.165) is 11.3 Å². The first kappa shape index (κ1) is 15.1. The quantitative estimate of drug-likeness (QED) is 0.515. The van der Waals surface area contributed by atoms with Crippen LogP contribution in [-0.2, 0) is 0 Å². The van der Waals surface area contributed by atoms with Crippen molar-refractivity contribution in [3.8, 4) is 0 Å². The molecule has 0 aliphatic rings. The minimum absolute atomic E-state index is 0.451. The van der Waals surface area contributed by atoms with Gasteiger partial charge in [0.25, 0.3) is 0 Å². The molecule has 0 saturated carbocycles. The second-order valence-electron chi connectivity index (χ2n) is 4.89. The molecule has 0 atom stereocenters. The number of nitrogens with zero attached hydrogens (tertiary/aromatic N) is 2. The van der Waals surface area contributed by atoms with Gasteiger partial charge < -0.3 is 5.32 Å². The van der Waals surface area contributed by atoms with Crippen LogP contribution >= 0.6 is 12.2 Å². The third kappa shape index (κ3) is 4.96. The minimum atomic E-state index is 0.451. The van der Waals surface area contributed by atoms with E-state index in [1.165, 1.54) is 5.56 Å². The van der Waals surface area contributed by atoms with Crippen molar-refractivity contribution in [2.45, 2.75) is 19.8 Å². The number of rotatable bonds is 4. The zero-order valence-electron chi connectivity index (χ0n) is 12.1. The molecule has 4 nitrogen and oxygen atoms in total. The van der Waals surface area contributed by atoms with E-state index in [1.54, 1.807) is 18.6 Å². The Labute approximate surface area is 130 Å². The minimum Gasteiger partial charge on any atom is -0.331 e. The molecule has 0 bridgehead atoms. The molecular weight excluding hydrogens is 280 g/mol. The summed E-state index contributed by atoms with van der Waals surface area (Å²) in [5, 5.41) is 7.60. The molecule has 0 aliphatic carbocycles. The molecule has 1 aromatic carbocycles. The van der Waals surface area contributed by atoms with E-state index < -0.39 is 0 Å². The maximum absolute atomic E-state index is 5.18. The first-order valence-electron chi connectivity index (χ1n) is 6.75. The third-order valence-corrected chi connectivity index (χ3v) is 3.09. The summed E-state index contributed by atoms with van der Waals surface area (Å²) in [6, 6.07) is 12.0. The highest BCUT2D eigenvalue weighted by Gasteiger charge is 2.00. The van der Waals surface area contributed by atoms with Crippen LogP contribution in [0.3, 0.4) is 0 Å². The van der Waals surface area contributed by atoms with Gasteiger partial charge in [0, 0.05) is 23.6 Å². The Bertz CT molecular complexity index is 606. The van der Waals surface area contributed by atoms with Gasteiger partial charge in [-0.25, -0.2) is 0 Å². The highest BCUT2D eigenvalue weighted by molar-refractivity contribution is 7.80. The van der Waals surface area contributed by atoms with Crippen molar-refractivity contribution in [1.82, 2.24) is 10.4 Å². The van der Waals surface area contributed by atoms with Crippen molar-refractivity contribution in [2.24, 2.45) is 5.10 Å². The largest absolute Gasteiger partial charge is 0.331 e. The predicted octanol–water partition coefficient (Wildman–Crippen LogP) is 3.53. The lowest BCUT2D eigenvalue weighted by molar-refractivity contribution is 0.867. The second-order valence-corrected chi connectivity index (χ2v) is 5.30. The van der Waals surface area contributed by atoms with Crippen LogP contribution in [-0.4, -0.2) is 16.3 Å². The molecule has 0 spiro atoms. The van der Waals surface area contributed by atoms with E-state index in [9.17, 15) is 0 Å². The number of anilines is 1. The topological polar surface area (TPSA) is 49.3 Å². The summed E-state index contributed by atoms with van der Waals surface area (Å²) in [7, 11) is 0. The van der Waals surface area contributed by atoms with E-state index in [1.807, 2.05) is 24.3 Å². The molecule has 0 radical (unpaired) electrons. The van der Waals surface area contributed by atoms with Gasteiger partial charge in [-0.3, -0.25) is 10.4 Å². The molecule has 0 unspecified atom stereocenters. The van der Waals surface area contributed by atoms with Crippen LogP contribution < -0.4 is 10.7 Å². The summed E-state index contributed by atoms with van der Waals surface area (Å²) in [6.07, 6.45) is 5.12. The first-order valence-corrected chi connectivity index (χ1v) is 7.16. The smallest absolute Gasteiger partial charge is 0.191 e. The van der Waals surface area contributed by atoms with Crippen molar-refractivity contribution in [2.75, 3.05) is 5.32 Å². The van der Waals surface area contributed by atoms with Gasteiger partial charge in [0.2, 0.25) is 0 Å². The molecule has 1 aromatic heterocycles. The molecule has 0 aliphatic heterocycles. The summed E-state index contributed by atoms with van der Waals surface area (Å²) in [6.45, 7) is 4.34. The first-order chi connectivity index (χ1) is 10.1. The Hall–Kier alpha value is -2.27. The lowest BCUT2D eigenvalue weighted by Crippen LogP contribution is -2.23. The average molecular weight is 298 g/mol. The van der Waals surface area contributed by atoms with Gasteiger partial charge in [0.15, 0.2) is 5.11 Å². The number of nitrogens with one attached hydrogen (secondary N) is 2. The van der Waals surface area contributed by atoms with E-state index in [4.69, 9.17) is 12.2 Å². The zero-order chi connectivity index (χ0) is 15.1. The van der Waals surface area contributed by atoms with Crippen molar-refractivity contribution in [1.29, 1.82) is 0 Å². The van der Waals surface area contributed by atoms with E-state index in [2.05, 4.69) is 46.8 Å². The second kappa shape index (κ2) is 7.50. The van der Waals surface area contributed by atoms with Crippen LogP contribution in [0.1, 0.15) is 30.9 Å². The van der Waals surface area contributed by atoms with E-state index >= 15 is 0 Å². The fourth-order valence-electron chi connectivity index (χ4n) is 1.73. The van der Waals surface area contributed by atoms with Crippen molar-refractivity contribution in [3.63, 3.8) is 0 Å². The lowest BCUT2D eigenvalue weighted by atomic mass is 10.0. The number of pyridine rings is 1. The highest BCUT2D eigenvalue weighted by atomic mass is 32.1. The van der Waals surface area contributed by atoms with E-state index in [-0.39, 0.29) is 0 Å². The van der Waals surface area contributed by atoms with Crippen molar-refractivity contribution >= 4 is 29.2 Å². The SMILES string of the molecule is CC(C)c1ccc(NC(=S)N/N=C/c2cccnc2)cc1. The monoisotopic (exact) mass is 298 g/mol. The van der Waals surface area contributed by atoms with Crippen LogP contribution in [0.2, 0.25) is 0 Å². The Morgan fingerprint density at radius 2 is 2.00 bits per heavy atom. The summed E-state index contributed by atoms with van der Waals surface area (Å²) < 4.78 is 0. The molecule has 0 amide bonds. The maximum atomic E-state index is 5.18. The number of aromatic nitrogens is 1. The Morgan fingerprint density at radius 1 is 1.24 bits per heavy atom. The molecule has 2 N–H and O–H groups in total. The fourth-order valence-corrected chi connectivity index (χ4v) is 1.90. The highest BCUT2D eigenvalue weighted by Crippen LogP contribution is 2.16. The third-order valence-electron chi connectivity index (χ3n) is 2.90. The van der Waals surface area contributed by atoms with Crippen molar-refractivity contribution in [3.05, 3.63) is 59.9 Å². The van der Waals surface area contributed by atoms with Crippen molar-refractivity contribution < 1.29 is 0 Å². The summed E-state index contributed by atoms with van der Waals surface area (Å²) in [4.78, 5) is 4.01. The Kier molecular flexibility index (Phi) is 5.40. The maximum Gasteiger partial charge on any atom is 0.191 e. The molecule has 108 valence electrons. The van der Waals surface area contributed by atoms with Gasteiger partial charge in [-0.1, -0.05) is 32.0 Å². The van der Waals surface area contributed by atoms with Crippen LogP contribution in [0.5, 0.6) is 0 Å². The molecule has 21 heavy (non-hydrogen) atoms. The Balaban J connectivity index is 1.85. The number of benzene rings is 1. The standard InChI is InChI=1S/C16H18N4S/c1-12(2)14-5-7-15(8-6-14)19-16(21)20-18-11-13-4-3-9-17-10-13/h3-12H,1-2H3,(H2,19,20,21)/b18-11+. The van der Waals surface area contributed by atoms with Gasteiger partial charge in [-0.05, 0) is 41.9 Å². The van der Waals surface area contributed by atoms with Crippen LogP contribution in [0.25, 0.3) is 0 Å². The summed E-state index contributed by atoms with van der Waals surface area (Å²) in [5.74, 6) is 0.521. The number of hydrazone groups is 1. The van der Waals surface area contributed by atoms with Gasteiger partial charge in [-0.15, -0.1) is 0 Å². The molecule has 0 fully saturated rings. The molecule has 1 heterocycles. The fraction of sp³-hybridized carbons (Fsp3) is 0.188. The van der Waals surface area contributed by atoms with Crippen LogP contribution in [0, 0.1) is 0 Å². The molecule has 5 heteroatoms. The van der Waals surface area contributed by atoms with Gasteiger partial charge in [0.05, 0.1) is 6.21 Å². The average Bonchev–Trinajstić information content (AvgIpc) is 2.49. The van der Waals surface area contributed by atoms with Gasteiger partial charge >= 0.3 is 0 Å². The normalized spacial score (nSPS) is 10.8. The zero-order valence-corrected chi connectivity index (χ0v) is 12.9.